The second kappa shape index (κ2) is 11.8. The van der Waals surface area contributed by atoms with Gasteiger partial charge >= 0.3 is 0 Å². The van der Waals surface area contributed by atoms with Crippen molar-refractivity contribution in [3.05, 3.63) is 95.8 Å². The van der Waals surface area contributed by atoms with E-state index in [-0.39, 0.29) is 23.0 Å². The number of anilines is 1. The molecule has 0 spiro atoms. The van der Waals surface area contributed by atoms with Gasteiger partial charge in [-0.15, -0.1) is 0 Å². The average molecular weight is 512 g/mol. The third-order valence-electron chi connectivity index (χ3n) is 5.96. The zero-order valence-electron chi connectivity index (χ0n) is 20.5. The summed E-state index contributed by atoms with van der Waals surface area (Å²) in [5.41, 5.74) is 1.92. The molecule has 0 radical (unpaired) electrons. The lowest BCUT2D eigenvalue weighted by atomic mass is 10.1. The highest BCUT2D eigenvalue weighted by molar-refractivity contribution is 7.92. The molecule has 0 aromatic heterocycles. The van der Waals surface area contributed by atoms with Crippen LogP contribution >= 0.6 is 0 Å². The van der Waals surface area contributed by atoms with Crippen LogP contribution in [0.25, 0.3) is 0 Å². The molecule has 9 heteroatoms. The summed E-state index contributed by atoms with van der Waals surface area (Å²) in [4.78, 5) is 27.9. The third kappa shape index (κ3) is 6.09. The topological polar surface area (TPSA) is 86.8 Å². The van der Waals surface area contributed by atoms with E-state index in [4.69, 9.17) is 0 Å². The van der Waals surface area contributed by atoms with Gasteiger partial charge in [0.15, 0.2) is 0 Å². The van der Waals surface area contributed by atoms with Crippen LogP contribution in [-0.2, 0) is 26.2 Å². The lowest BCUT2D eigenvalue weighted by Crippen LogP contribution is -2.51. The van der Waals surface area contributed by atoms with Crippen LogP contribution in [0.3, 0.4) is 0 Å². The van der Waals surface area contributed by atoms with Crippen LogP contribution in [0.4, 0.5) is 10.1 Å². The smallest absolute Gasteiger partial charge is 0.264 e. The number of carbonyl (C=O) groups is 2. The highest BCUT2D eigenvalue weighted by Crippen LogP contribution is 2.25. The number of halogens is 1. The molecule has 0 aliphatic rings. The lowest BCUT2D eigenvalue weighted by Gasteiger charge is -2.33. The Labute approximate surface area is 211 Å². The van der Waals surface area contributed by atoms with Crippen molar-refractivity contribution in [1.82, 2.24) is 10.2 Å². The lowest BCUT2D eigenvalue weighted by molar-refractivity contribution is -0.140. The molecule has 0 heterocycles. The largest absolute Gasteiger partial charge is 0.357 e. The van der Waals surface area contributed by atoms with Crippen LogP contribution in [0, 0.1) is 12.7 Å². The van der Waals surface area contributed by atoms with E-state index in [2.05, 4.69) is 5.32 Å². The van der Waals surface area contributed by atoms with E-state index in [1.54, 1.807) is 25.1 Å². The molecule has 0 saturated carbocycles. The van der Waals surface area contributed by atoms with Crippen molar-refractivity contribution >= 4 is 27.5 Å². The Hall–Kier alpha value is -3.72. The van der Waals surface area contributed by atoms with E-state index in [9.17, 15) is 22.4 Å². The predicted molar refractivity (Wildman–Crippen MR) is 137 cm³/mol. The number of sulfonamides is 1. The molecule has 7 nitrogen and oxygen atoms in total. The normalized spacial score (nSPS) is 12.0. The molecule has 1 unspecified atom stereocenters. The van der Waals surface area contributed by atoms with E-state index in [1.165, 1.54) is 36.2 Å². The molecular formula is C27H30FN3O4S. The van der Waals surface area contributed by atoms with Gasteiger partial charge in [-0.1, -0.05) is 49.4 Å². The Balaban J connectivity index is 2.05. The van der Waals surface area contributed by atoms with Crippen molar-refractivity contribution in [2.24, 2.45) is 0 Å². The summed E-state index contributed by atoms with van der Waals surface area (Å²) >= 11 is 0. The Morgan fingerprint density at radius 1 is 0.944 bits per heavy atom. The fourth-order valence-corrected chi connectivity index (χ4v) is 5.35. The minimum absolute atomic E-state index is 0.00841. The number of benzene rings is 3. The Bertz CT molecular complexity index is 1300. The van der Waals surface area contributed by atoms with Gasteiger partial charge in [-0.2, -0.15) is 0 Å². The fraction of sp³-hybridized carbons (Fsp3) is 0.259. The van der Waals surface area contributed by atoms with Gasteiger partial charge in [0, 0.05) is 13.6 Å². The van der Waals surface area contributed by atoms with Crippen LogP contribution in [0.15, 0.2) is 83.8 Å². The summed E-state index contributed by atoms with van der Waals surface area (Å²) < 4.78 is 41.8. The van der Waals surface area contributed by atoms with Gasteiger partial charge in [-0.25, -0.2) is 12.8 Å². The number of nitrogens with one attached hydrogen (secondary N) is 1. The quantitative estimate of drug-likeness (QED) is 0.448. The van der Waals surface area contributed by atoms with E-state index in [1.807, 2.05) is 31.2 Å². The number of amides is 2. The number of hydrogen-bond acceptors (Lipinski definition) is 4. The van der Waals surface area contributed by atoms with Crippen molar-refractivity contribution in [3.63, 3.8) is 0 Å². The zero-order chi connectivity index (χ0) is 26.3. The minimum Gasteiger partial charge on any atom is -0.357 e. The maximum absolute atomic E-state index is 13.8. The fourth-order valence-electron chi connectivity index (χ4n) is 3.91. The van der Waals surface area contributed by atoms with Gasteiger partial charge in [-0.05, 0) is 60.9 Å². The first-order chi connectivity index (χ1) is 17.2. The standard InChI is InChI=1S/C27H30FN3O4S/c1-4-25(27(33)29-3)30(18-21-11-9-8-10-20(21)2)26(32)19-31(23-16-14-22(28)15-17-23)36(34,35)24-12-6-5-7-13-24/h5-17,25H,4,18-19H2,1-3H3,(H,29,33). The number of likely N-dealkylation sites (N-methyl/N-ethyl adjacent to an activating group) is 1. The number of rotatable bonds is 10. The molecule has 3 aromatic carbocycles. The zero-order valence-corrected chi connectivity index (χ0v) is 21.3. The van der Waals surface area contributed by atoms with Crippen molar-refractivity contribution in [1.29, 1.82) is 0 Å². The average Bonchev–Trinajstić information content (AvgIpc) is 2.89. The molecule has 3 rings (SSSR count). The molecular weight excluding hydrogens is 481 g/mol. The Morgan fingerprint density at radius 2 is 1.56 bits per heavy atom. The monoisotopic (exact) mass is 511 g/mol. The predicted octanol–water partition coefficient (Wildman–Crippen LogP) is 3.88. The van der Waals surface area contributed by atoms with Crippen LogP contribution in [0.5, 0.6) is 0 Å². The van der Waals surface area contributed by atoms with E-state index >= 15 is 0 Å². The summed E-state index contributed by atoms with van der Waals surface area (Å²) in [6.07, 6.45) is 0.333. The Kier molecular flexibility index (Phi) is 8.82. The first kappa shape index (κ1) is 26.9. The molecule has 1 N–H and O–H groups in total. The minimum atomic E-state index is -4.17. The number of aryl methyl sites for hydroxylation is 1. The molecule has 2 amide bonds. The second-order valence-corrected chi connectivity index (χ2v) is 10.1. The van der Waals surface area contributed by atoms with E-state index < -0.39 is 34.3 Å². The maximum atomic E-state index is 13.8. The Morgan fingerprint density at radius 3 is 2.14 bits per heavy atom. The van der Waals surface area contributed by atoms with E-state index in [0.29, 0.717) is 6.42 Å². The van der Waals surface area contributed by atoms with Crippen LogP contribution < -0.4 is 9.62 Å². The highest BCUT2D eigenvalue weighted by Gasteiger charge is 2.33. The molecule has 0 aliphatic carbocycles. The SMILES string of the molecule is CCC(C(=O)NC)N(Cc1ccccc1C)C(=O)CN(c1ccc(F)cc1)S(=O)(=O)c1ccccc1. The van der Waals surface area contributed by atoms with Crippen LogP contribution in [0.1, 0.15) is 24.5 Å². The van der Waals surface area contributed by atoms with Gasteiger partial charge in [0.1, 0.15) is 18.4 Å². The molecule has 3 aromatic rings. The van der Waals surface area contributed by atoms with Crippen molar-refractivity contribution in [3.8, 4) is 0 Å². The van der Waals surface area contributed by atoms with Gasteiger partial charge < -0.3 is 10.2 Å². The molecule has 0 bridgehead atoms. The number of hydrogen-bond donors (Lipinski definition) is 1. The molecule has 190 valence electrons. The highest BCUT2D eigenvalue weighted by atomic mass is 32.2. The van der Waals surface area contributed by atoms with E-state index in [0.717, 1.165) is 27.6 Å². The third-order valence-corrected chi connectivity index (χ3v) is 7.75. The molecule has 1 atom stereocenters. The van der Waals surface area contributed by atoms with Gasteiger partial charge in [0.05, 0.1) is 10.6 Å². The van der Waals surface area contributed by atoms with Crippen molar-refractivity contribution in [2.45, 2.75) is 37.8 Å². The van der Waals surface area contributed by atoms with Crippen LogP contribution in [0.2, 0.25) is 0 Å². The van der Waals surface area contributed by atoms with Crippen molar-refractivity contribution < 1.29 is 22.4 Å². The summed E-state index contributed by atoms with van der Waals surface area (Å²) in [5.74, 6) is -1.44. The molecule has 0 aliphatic heterocycles. The van der Waals surface area contributed by atoms with Gasteiger partial charge in [0.2, 0.25) is 11.8 Å². The van der Waals surface area contributed by atoms with Crippen LogP contribution in [-0.4, -0.2) is 44.8 Å². The summed E-state index contributed by atoms with van der Waals surface area (Å²) in [6.45, 7) is 3.25. The number of carbonyl (C=O) groups excluding carboxylic acids is 2. The van der Waals surface area contributed by atoms with Gasteiger partial charge in [0.25, 0.3) is 10.0 Å². The van der Waals surface area contributed by atoms with Crippen molar-refractivity contribution in [2.75, 3.05) is 17.9 Å². The summed E-state index contributed by atoms with van der Waals surface area (Å²) in [5, 5.41) is 2.59. The second-order valence-electron chi connectivity index (χ2n) is 8.29. The first-order valence-corrected chi connectivity index (χ1v) is 13.0. The molecule has 0 saturated heterocycles. The number of nitrogens with zero attached hydrogens (tertiary/aromatic N) is 2. The first-order valence-electron chi connectivity index (χ1n) is 11.6. The molecule has 0 fully saturated rings. The summed E-state index contributed by atoms with van der Waals surface area (Å²) in [6, 6.07) is 19.3. The summed E-state index contributed by atoms with van der Waals surface area (Å²) in [7, 11) is -2.68. The molecule has 36 heavy (non-hydrogen) atoms. The van der Waals surface area contributed by atoms with Gasteiger partial charge in [-0.3, -0.25) is 13.9 Å². The maximum Gasteiger partial charge on any atom is 0.264 e.